The van der Waals surface area contributed by atoms with Crippen LogP contribution in [0.4, 0.5) is 5.69 Å². The summed E-state index contributed by atoms with van der Waals surface area (Å²) < 4.78 is 24.1. The normalized spacial score (nSPS) is 23.6. The summed E-state index contributed by atoms with van der Waals surface area (Å²) in [6, 6.07) is 11.6. The third-order valence-corrected chi connectivity index (χ3v) is 9.83. The summed E-state index contributed by atoms with van der Waals surface area (Å²) in [5, 5.41) is 0. The number of hydrogen-bond acceptors (Lipinski definition) is 5. The average molecular weight is 474 g/mol. The van der Waals surface area contributed by atoms with Gasteiger partial charge in [-0.25, -0.2) is 8.42 Å². The average Bonchev–Trinajstić information content (AvgIpc) is 3.21. The molecule has 0 spiro atoms. The lowest BCUT2D eigenvalue weighted by Crippen LogP contribution is -2.48. The van der Waals surface area contributed by atoms with Crippen LogP contribution in [0.25, 0.3) is 10.4 Å². The Bertz CT molecular complexity index is 1070. The molecule has 5 nitrogen and oxygen atoms in total. The SMILES string of the molecule is CC(=O)c1sc(-c2ccccc2)cc1N(C(=O)[C@H]1CC[C@H](C)CC1)C1CCS(=O)(=O)CC1. The molecule has 1 aliphatic heterocycles. The molecule has 0 bridgehead atoms. The monoisotopic (exact) mass is 473 g/mol. The second-order valence-corrected chi connectivity index (χ2v) is 12.7. The van der Waals surface area contributed by atoms with Crippen LogP contribution in [0.15, 0.2) is 36.4 Å². The zero-order valence-electron chi connectivity index (χ0n) is 18.7. The first-order valence-corrected chi connectivity index (χ1v) is 14.1. The molecule has 2 aliphatic rings. The van der Waals surface area contributed by atoms with Crippen molar-refractivity contribution >= 4 is 38.6 Å². The number of benzene rings is 1. The van der Waals surface area contributed by atoms with Gasteiger partial charge in [-0.15, -0.1) is 11.3 Å². The highest BCUT2D eigenvalue weighted by molar-refractivity contribution is 7.91. The highest BCUT2D eigenvalue weighted by Crippen LogP contribution is 2.41. The van der Waals surface area contributed by atoms with Gasteiger partial charge >= 0.3 is 0 Å². The maximum Gasteiger partial charge on any atom is 0.230 e. The summed E-state index contributed by atoms with van der Waals surface area (Å²) in [5.41, 5.74) is 1.67. The molecule has 4 rings (SSSR count). The number of nitrogens with zero attached hydrogens (tertiary/aromatic N) is 1. The number of anilines is 1. The Hall–Kier alpha value is -1.99. The Kier molecular flexibility index (Phi) is 6.86. The molecule has 0 radical (unpaired) electrons. The quantitative estimate of drug-likeness (QED) is 0.549. The molecule has 1 aromatic carbocycles. The third kappa shape index (κ3) is 4.99. The standard InChI is InChI=1S/C25H31NO4S2/c1-17-8-10-20(11-9-17)25(28)26(21-12-14-32(29,30)15-13-21)22-16-23(31-24(22)18(2)27)19-6-4-3-5-7-19/h3-7,16-17,20-21H,8-15H2,1-2H3/t17-,20-. The lowest BCUT2D eigenvalue weighted by Gasteiger charge is -2.38. The van der Waals surface area contributed by atoms with E-state index in [4.69, 9.17) is 0 Å². The van der Waals surface area contributed by atoms with Crippen LogP contribution in [0, 0.1) is 11.8 Å². The van der Waals surface area contributed by atoms with E-state index in [1.807, 2.05) is 41.3 Å². The van der Waals surface area contributed by atoms with Gasteiger partial charge in [0.05, 0.1) is 22.1 Å². The molecule has 2 fully saturated rings. The Balaban J connectivity index is 1.74. The predicted octanol–water partition coefficient (Wildman–Crippen LogP) is 5.35. The second-order valence-electron chi connectivity index (χ2n) is 9.30. The number of carbonyl (C=O) groups is 2. The third-order valence-electron chi connectivity index (χ3n) is 6.84. The summed E-state index contributed by atoms with van der Waals surface area (Å²) in [7, 11) is -3.06. The second kappa shape index (κ2) is 9.48. The van der Waals surface area contributed by atoms with E-state index in [-0.39, 0.29) is 35.2 Å². The van der Waals surface area contributed by atoms with E-state index < -0.39 is 9.84 Å². The van der Waals surface area contributed by atoms with E-state index in [0.717, 1.165) is 36.1 Å². The van der Waals surface area contributed by atoms with Gasteiger partial charge < -0.3 is 4.90 Å². The summed E-state index contributed by atoms with van der Waals surface area (Å²) >= 11 is 1.42. The van der Waals surface area contributed by atoms with Crippen molar-refractivity contribution in [3.05, 3.63) is 41.3 Å². The summed E-state index contributed by atoms with van der Waals surface area (Å²) in [6.07, 6.45) is 4.61. The highest BCUT2D eigenvalue weighted by atomic mass is 32.2. The fourth-order valence-corrected chi connectivity index (χ4v) is 7.41. The van der Waals surface area contributed by atoms with Crippen molar-refractivity contribution in [1.29, 1.82) is 0 Å². The molecule has 7 heteroatoms. The van der Waals surface area contributed by atoms with Crippen molar-refractivity contribution < 1.29 is 18.0 Å². The van der Waals surface area contributed by atoms with E-state index in [1.165, 1.54) is 11.3 Å². The zero-order valence-corrected chi connectivity index (χ0v) is 20.4. The number of sulfone groups is 1. The van der Waals surface area contributed by atoms with Crippen molar-refractivity contribution in [3.8, 4) is 10.4 Å². The molecule has 0 atom stereocenters. The van der Waals surface area contributed by atoms with Gasteiger partial charge in [-0.2, -0.15) is 0 Å². The fraction of sp³-hybridized carbons (Fsp3) is 0.520. The van der Waals surface area contributed by atoms with Crippen LogP contribution in [-0.2, 0) is 14.6 Å². The van der Waals surface area contributed by atoms with E-state index in [0.29, 0.717) is 29.3 Å². The van der Waals surface area contributed by atoms with Crippen molar-refractivity contribution in [1.82, 2.24) is 0 Å². The Morgan fingerprint density at radius 1 is 0.969 bits per heavy atom. The van der Waals surface area contributed by atoms with Crippen molar-refractivity contribution in [2.75, 3.05) is 16.4 Å². The summed E-state index contributed by atoms with van der Waals surface area (Å²) in [6.45, 7) is 3.77. The number of thiophene rings is 1. The Morgan fingerprint density at radius 2 is 1.59 bits per heavy atom. The van der Waals surface area contributed by atoms with Crippen molar-refractivity contribution in [2.24, 2.45) is 11.8 Å². The molecule has 0 unspecified atom stereocenters. The van der Waals surface area contributed by atoms with Crippen LogP contribution in [0.3, 0.4) is 0 Å². The smallest absolute Gasteiger partial charge is 0.230 e. The largest absolute Gasteiger partial charge is 0.307 e. The lowest BCUT2D eigenvalue weighted by atomic mass is 9.82. The Labute approximate surface area is 194 Å². The number of rotatable bonds is 5. The van der Waals surface area contributed by atoms with Gasteiger partial charge in [-0.05, 0) is 56.1 Å². The lowest BCUT2D eigenvalue weighted by molar-refractivity contribution is -0.124. The van der Waals surface area contributed by atoms with Crippen molar-refractivity contribution in [3.63, 3.8) is 0 Å². The molecule has 1 aliphatic carbocycles. The van der Waals surface area contributed by atoms with E-state index in [1.54, 1.807) is 6.92 Å². The highest BCUT2D eigenvalue weighted by Gasteiger charge is 2.38. The van der Waals surface area contributed by atoms with Crippen LogP contribution >= 0.6 is 11.3 Å². The summed E-state index contributed by atoms with van der Waals surface area (Å²) in [5.74, 6) is 0.741. The minimum atomic E-state index is -3.06. The molecule has 2 aromatic rings. The van der Waals surface area contributed by atoms with Crippen molar-refractivity contribution in [2.45, 2.75) is 58.4 Å². The number of hydrogen-bond donors (Lipinski definition) is 0. The number of carbonyl (C=O) groups excluding carboxylic acids is 2. The van der Waals surface area contributed by atoms with Crippen LogP contribution in [0.2, 0.25) is 0 Å². The maximum atomic E-state index is 13.9. The van der Waals surface area contributed by atoms with Crippen LogP contribution in [0.1, 0.15) is 62.0 Å². The predicted molar refractivity (Wildman–Crippen MR) is 130 cm³/mol. The van der Waals surface area contributed by atoms with E-state index in [9.17, 15) is 18.0 Å². The molecule has 1 saturated carbocycles. The fourth-order valence-electron chi connectivity index (χ4n) is 4.89. The number of Topliss-reactive ketones (excluding diaryl/α,β-unsaturated/α-hetero) is 1. The van der Waals surface area contributed by atoms with Gasteiger partial charge in [0.15, 0.2) is 5.78 Å². The van der Waals surface area contributed by atoms with Gasteiger partial charge in [0.2, 0.25) is 5.91 Å². The molecular weight excluding hydrogens is 442 g/mol. The molecular formula is C25H31NO4S2. The maximum absolute atomic E-state index is 13.9. The van der Waals surface area contributed by atoms with Gasteiger partial charge in [0.25, 0.3) is 0 Å². The first-order valence-electron chi connectivity index (χ1n) is 11.5. The number of amides is 1. The van der Waals surface area contributed by atoms with Crippen LogP contribution in [-0.4, -0.2) is 37.7 Å². The van der Waals surface area contributed by atoms with Crippen LogP contribution in [0.5, 0.6) is 0 Å². The van der Waals surface area contributed by atoms with Gasteiger partial charge in [-0.1, -0.05) is 37.3 Å². The molecule has 1 amide bonds. The molecule has 1 saturated heterocycles. The first kappa shape index (κ1) is 23.2. The van der Waals surface area contributed by atoms with Gasteiger partial charge in [-0.3, -0.25) is 9.59 Å². The van der Waals surface area contributed by atoms with Gasteiger partial charge in [0, 0.05) is 23.8 Å². The molecule has 172 valence electrons. The number of ketones is 1. The minimum absolute atomic E-state index is 0.0566. The first-order chi connectivity index (χ1) is 15.2. The van der Waals surface area contributed by atoms with E-state index in [2.05, 4.69) is 6.92 Å². The topological polar surface area (TPSA) is 71.5 Å². The van der Waals surface area contributed by atoms with Gasteiger partial charge in [0.1, 0.15) is 9.84 Å². The molecule has 0 N–H and O–H groups in total. The molecule has 32 heavy (non-hydrogen) atoms. The van der Waals surface area contributed by atoms with Crippen LogP contribution < -0.4 is 4.90 Å². The molecule has 2 heterocycles. The summed E-state index contributed by atoms with van der Waals surface area (Å²) in [4.78, 5) is 29.8. The zero-order chi connectivity index (χ0) is 22.9. The van der Waals surface area contributed by atoms with E-state index >= 15 is 0 Å². The molecule has 1 aromatic heterocycles. The Morgan fingerprint density at radius 3 is 2.19 bits per heavy atom. The minimum Gasteiger partial charge on any atom is -0.307 e.